The summed E-state index contributed by atoms with van der Waals surface area (Å²) < 4.78 is 34.5. The van der Waals surface area contributed by atoms with Gasteiger partial charge in [-0.15, -0.1) is 0 Å². The van der Waals surface area contributed by atoms with Crippen LogP contribution in [0.4, 0.5) is 13.2 Å². The highest BCUT2D eigenvalue weighted by Gasteiger charge is 2.25. The quantitative estimate of drug-likeness (QED) is 0.628. The van der Waals surface area contributed by atoms with Crippen molar-refractivity contribution >= 4 is 5.97 Å². The number of carbonyl (C=O) groups is 1. The van der Waals surface area contributed by atoms with Gasteiger partial charge < -0.3 is 10.4 Å². The lowest BCUT2D eigenvalue weighted by atomic mass is 10.3. The van der Waals surface area contributed by atoms with Crippen LogP contribution >= 0.6 is 0 Å². The van der Waals surface area contributed by atoms with E-state index in [0.29, 0.717) is 0 Å². The van der Waals surface area contributed by atoms with E-state index in [0.717, 1.165) is 0 Å². The number of hydrogen-bond acceptors (Lipinski definition) is 2. The van der Waals surface area contributed by atoms with Crippen LogP contribution in [0.25, 0.3) is 0 Å². The van der Waals surface area contributed by atoms with Gasteiger partial charge in [0.05, 0.1) is 6.54 Å². The molecule has 0 aromatic rings. The fourth-order valence-electron chi connectivity index (χ4n) is 0.609. The highest BCUT2D eigenvalue weighted by Crippen LogP contribution is 2.20. The molecule has 0 rings (SSSR count). The Balaban J connectivity index is 3.17. The minimum Gasteiger partial charge on any atom is -0.480 e. The van der Waals surface area contributed by atoms with Crippen molar-refractivity contribution in [2.45, 2.75) is 19.0 Å². The average Bonchev–Trinajstić information content (AvgIpc) is 1.83. The molecule has 3 nitrogen and oxygen atoms in total. The molecule has 0 saturated heterocycles. The van der Waals surface area contributed by atoms with E-state index in [2.05, 4.69) is 5.32 Å². The maximum absolute atomic E-state index is 11.5. The molecule has 0 radical (unpaired) electrons. The molecule has 0 heterocycles. The molecular weight excluding hydrogens is 175 g/mol. The Hall–Kier alpha value is -0.780. The van der Waals surface area contributed by atoms with Gasteiger partial charge >= 0.3 is 12.1 Å². The van der Waals surface area contributed by atoms with Crippen LogP contribution < -0.4 is 5.32 Å². The third-order valence-electron chi connectivity index (χ3n) is 1.09. The first kappa shape index (κ1) is 11.2. The summed E-state index contributed by atoms with van der Waals surface area (Å²) in [5.74, 6) is -1.07. The van der Waals surface area contributed by atoms with Gasteiger partial charge in [0.1, 0.15) is 0 Å². The number of aliphatic carboxylic acids is 1. The van der Waals surface area contributed by atoms with Crippen LogP contribution in [-0.4, -0.2) is 30.3 Å². The number of hydrogen-bond donors (Lipinski definition) is 2. The van der Waals surface area contributed by atoms with Crippen molar-refractivity contribution in [2.24, 2.45) is 0 Å². The summed E-state index contributed by atoms with van der Waals surface area (Å²) in [5.41, 5.74) is 0. The summed E-state index contributed by atoms with van der Waals surface area (Å²) in [6.07, 6.45) is -5.11. The van der Waals surface area contributed by atoms with Gasteiger partial charge in [-0.25, -0.2) is 0 Å². The molecule has 0 fully saturated rings. The minimum absolute atomic E-state index is 0.0752. The van der Waals surface area contributed by atoms with Gasteiger partial charge in [0.15, 0.2) is 0 Å². The van der Waals surface area contributed by atoms with Gasteiger partial charge in [-0.1, -0.05) is 0 Å². The van der Waals surface area contributed by atoms with E-state index in [-0.39, 0.29) is 19.5 Å². The predicted octanol–water partition coefficient (Wildman–Crippen LogP) is 1.00. The Labute approximate surface area is 67.6 Å². The average molecular weight is 185 g/mol. The van der Waals surface area contributed by atoms with Crippen molar-refractivity contribution in [3.63, 3.8) is 0 Å². The van der Waals surface area contributed by atoms with E-state index >= 15 is 0 Å². The summed E-state index contributed by atoms with van der Waals surface area (Å²) in [7, 11) is 0. The summed E-state index contributed by atoms with van der Waals surface area (Å²) in [4.78, 5) is 9.87. The van der Waals surface area contributed by atoms with Crippen molar-refractivity contribution in [1.29, 1.82) is 0 Å². The maximum Gasteiger partial charge on any atom is 0.389 e. The number of rotatable bonds is 5. The largest absolute Gasteiger partial charge is 0.480 e. The molecule has 2 N–H and O–H groups in total. The Morgan fingerprint density at radius 2 is 2.00 bits per heavy atom. The molecule has 0 aromatic heterocycles. The van der Waals surface area contributed by atoms with Gasteiger partial charge in [0.25, 0.3) is 0 Å². The second-order valence-electron chi connectivity index (χ2n) is 2.29. The van der Waals surface area contributed by atoms with E-state index in [1.165, 1.54) is 0 Å². The van der Waals surface area contributed by atoms with Crippen LogP contribution in [0.15, 0.2) is 0 Å². The lowest BCUT2D eigenvalue weighted by molar-refractivity contribution is -0.136. The Morgan fingerprint density at radius 3 is 2.42 bits per heavy atom. The monoisotopic (exact) mass is 185 g/mol. The molecule has 0 aliphatic rings. The van der Waals surface area contributed by atoms with Crippen LogP contribution in [0, 0.1) is 0 Å². The molecular formula is C6H10F3NO2. The van der Waals surface area contributed by atoms with Crippen LogP contribution in [0.5, 0.6) is 0 Å². The Bertz CT molecular complexity index is 146. The normalized spacial score (nSPS) is 11.6. The smallest absolute Gasteiger partial charge is 0.389 e. The molecule has 0 aliphatic heterocycles. The topological polar surface area (TPSA) is 49.3 Å². The highest BCUT2D eigenvalue weighted by atomic mass is 19.4. The lowest BCUT2D eigenvalue weighted by Gasteiger charge is -2.05. The molecule has 0 unspecified atom stereocenters. The van der Waals surface area contributed by atoms with Gasteiger partial charge in [-0.3, -0.25) is 4.79 Å². The fraction of sp³-hybridized carbons (Fsp3) is 0.833. The van der Waals surface area contributed by atoms with Gasteiger partial charge in [0.2, 0.25) is 0 Å². The molecule has 72 valence electrons. The molecule has 0 aliphatic carbocycles. The van der Waals surface area contributed by atoms with Crippen molar-refractivity contribution in [3.05, 3.63) is 0 Å². The number of carboxylic acids is 1. The fourth-order valence-corrected chi connectivity index (χ4v) is 0.609. The first-order chi connectivity index (χ1) is 5.42. The van der Waals surface area contributed by atoms with Crippen LogP contribution in [0.3, 0.4) is 0 Å². The van der Waals surface area contributed by atoms with E-state index in [9.17, 15) is 18.0 Å². The van der Waals surface area contributed by atoms with Crippen LogP contribution in [0.1, 0.15) is 12.8 Å². The maximum atomic E-state index is 11.5. The zero-order valence-corrected chi connectivity index (χ0v) is 6.32. The van der Waals surface area contributed by atoms with Crippen LogP contribution in [0.2, 0.25) is 0 Å². The molecule has 6 heteroatoms. The van der Waals surface area contributed by atoms with E-state index < -0.39 is 18.6 Å². The lowest BCUT2D eigenvalue weighted by Crippen LogP contribution is -2.24. The summed E-state index contributed by atoms with van der Waals surface area (Å²) in [6, 6.07) is 0. The van der Waals surface area contributed by atoms with Crippen LogP contribution in [-0.2, 0) is 4.79 Å². The van der Waals surface area contributed by atoms with Gasteiger partial charge in [0, 0.05) is 6.42 Å². The molecule has 12 heavy (non-hydrogen) atoms. The molecule has 0 bridgehead atoms. The SMILES string of the molecule is O=C(O)CNCCCC(F)(F)F. The van der Waals surface area contributed by atoms with Crippen molar-refractivity contribution in [2.75, 3.05) is 13.1 Å². The van der Waals surface area contributed by atoms with Crippen molar-refractivity contribution < 1.29 is 23.1 Å². The van der Waals surface area contributed by atoms with E-state index in [1.807, 2.05) is 0 Å². The molecule has 0 spiro atoms. The molecule has 0 amide bonds. The molecule has 0 aromatic carbocycles. The minimum atomic E-state index is -4.15. The third-order valence-corrected chi connectivity index (χ3v) is 1.09. The summed E-state index contributed by atoms with van der Waals surface area (Å²) in [6.45, 7) is -0.219. The zero-order chi connectivity index (χ0) is 9.61. The first-order valence-electron chi connectivity index (χ1n) is 3.41. The van der Waals surface area contributed by atoms with Gasteiger partial charge in [-0.05, 0) is 13.0 Å². The standard InChI is InChI=1S/C6H10F3NO2/c7-6(8,9)2-1-3-10-4-5(11)12/h10H,1-4H2,(H,11,12). The molecule has 0 atom stereocenters. The van der Waals surface area contributed by atoms with Crippen molar-refractivity contribution in [3.8, 4) is 0 Å². The number of nitrogens with one attached hydrogen (secondary N) is 1. The number of alkyl halides is 3. The number of halogens is 3. The van der Waals surface area contributed by atoms with E-state index in [4.69, 9.17) is 5.11 Å². The van der Waals surface area contributed by atoms with Gasteiger partial charge in [-0.2, -0.15) is 13.2 Å². The summed E-state index contributed by atoms with van der Waals surface area (Å²) in [5, 5.41) is 10.4. The zero-order valence-electron chi connectivity index (χ0n) is 6.32. The predicted molar refractivity (Wildman–Crippen MR) is 35.8 cm³/mol. The second kappa shape index (κ2) is 4.97. The summed E-state index contributed by atoms with van der Waals surface area (Å²) >= 11 is 0. The Morgan fingerprint density at radius 1 is 1.42 bits per heavy atom. The highest BCUT2D eigenvalue weighted by molar-refractivity contribution is 5.68. The second-order valence-corrected chi connectivity index (χ2v) is 2.29. The first-order valence-corrected chi connectivity index (χ1v) is 3.41. The molecule has 0 saturated carbocycles. The van der Waals surface area contributed by atoms with Crippen molar-refractivity contribution in [1.82, 2.24) is 5.32 Å². The third kappa shape index (κ3) is 9.22. The Kier molecular flexibility index (Phi) is 4.65. The van der Waals surface area contributed by atoms with E-state index in [1.54, 1.807) is 0 Å². The number of carboxylic acid groups (broad SMARTS) is 1.